The summed E-state index contributed by atoms with van der Waals surface area (Å²) in [6.45, 7) is 2.10. The monoisotopic (exact) mass is 553 g/mol. The molecule has 2 saturated heterocycles. The second-order valence-corrected chi connectivity index (χ2v) is 10.5. The Morgan fingerprint density at radius 2 is 1.85 bits per heavy atom. The van der Waals surface area contributed by atoms with Gasteiger partial charge in [0.25, 0.3) is 11.8 Å². The highest BCUT2D eigenvalue weighted by molar-refractivity contribution is 5.99. The molecule has 2 fully saturated rings. The minimum absolute atomic E-state index is 0.0324. The minimum Gasteiger partial charge on any atom is -0.483 e. The summed E-state index contributed by atoms with van der Waals surface area (Å²) in [7, 11) is 0. The molecule has 2 bridgehead atoms. The predicted molar refractivity (Wildman–Crippen MR) is 136 cm³/mol. The van der Waals surface area contributed by atoms with Crippen LogP contribution in [0.1, 0.15) is 57.8 Å². The molecule has 3 aromatic rings. The number of halogens is 3. The van der Waals surface area contributed by atoms with Gasteiger partial charge in [0.15, 0.2) is 11.4 Å². The normalized spacial score (nSPS) is 23.0. The van der Waals surface area contributed by atoms with Crippen molar-refractivity contribution in [2.45, 2.75) is 50.6 Å². The fourth-order valence-electron chi connectivity index (χ4n) is 5.59. The molecule has 3 atom stereocenters. The summed E-state index contributed by atoms with van der Waals surface area (Å²) >= 11 is 0. The molecule has 208 valence electrons. The zero-order valence-electron chi connectivity index (χ0n) is 21.6. The number of pyridine rings is 1. The van der Waals surface area contributed by atoms with Gasteiger partial charge < -0.3 is 24.3 Å². The standard InChI is InChI=1S/C29H26F3N3O5/c1-16-7-8-29(15-40-29)23-13-34(16)28(38)24-26(39-14-17-5-3-2-4-6-17)25(36)20(12-35(23)24)27(37)33-11-19-21(31)9-18(30)10-22(19)32/h2-6,9-10,12,16,23H,7-8,11,13-15H2,1H3,(H,33,37)/t16-,23?,29+/m0/s1. The van der Waals surface area contributed by atoms with Gasteiger partial charge in [-0.05, 0) is 25.3 Å². The second-order valence-electron chi connectivity index (χ2n) is 10.5. The molecule has 0 saturated carbocycles. The molecule has 1 N–H and O–H groups in total. The first-order chi connectivity index (χ1) is 19.2. The number of amides is 2. The number of aromatic nitrogens is 1. The van der Waals surface area contributed by atoms with Crippen molar-refractivity contribution >= 4 is 11.8 Å². The SMILES string of the molecule is C[C@H]1CC[C@@]2(CO2)C2CN1C(=O)c1c(OCc3ccccc3)c(=O)c(C(=O)NCc3c(F)cc(F)cc3F)cn12. The Labute approximate surface area is 227 Å². The van der Waals surface area contributed by atoms with Crippen LogP contribution in [0.3, 0.4) is 0 Å². The van der Waals surface area contributed by atoms with E-state index in [4.69, 9.17) is 9.47 Å². The molecule has 1 unspecified atom stereocenters. The van der Waals surface area contributed by atoms with Crippen LogP contribution in [0.25, 0.3) is 0 Å². The third-order valence-corrected chi connectivity index (χ3v) is 8.00. The molecule has 2 aromatic carbocycles. The van der Waals surface area contributed by atoms with Gasteiger partial charge in [-0.15, -0.1) is 0 Å². The molecule has 3 aliphatic heterocycles. The van der Waals surface area contributed by atoms with E-state index in [0.29, 0.717) is 38.1 Å². The van der Waals surface area contributed by atoms with E-state index < -0.39 is 46.5 Å². The smallest absolute Gasteiger partial charge is 0.274 e. The van der Waals surface area contributed by atoms with E-state index >= 15 is 0 Å². The number of hydrogen-bond donors (Lipinski definition) is 1. The van der Waals surface area contributed by atoms with Gasteiger partial charge in [0.2, 0.25) is 5.43 Å². The van der Waals surface area contributed by atoms with Crippen LogP contribution < -0.4 is 15.5 Å². The van der Waals surface area contributed by atoms with E-state index in [1.807, 2.05) is 13.0 Å². The van der Waals surface area contributed by atoms with E-state index in [9.17, 15) is 27.6 Å². The van der Waals surface area contributed by atoms with E-state index in [0.717, 1.165) is 5.56 Å². The summed E-state index contributed by atoms with van der Waals surface area (Å²) in [6, 6.07) is 9.59. The van der Waals surface area contributed by atoms with Crippen LogP contribution in [0.4, 0.5) is 13.2 Å². The number of ether oxygens (including phenoxy) is 2. The number of benzene rings is 2. The first kappa shape index (κ1) is 26.1. The summed E-state index contributed by atoms with van der Waals surface area (Å²) in [5.74, 6) is -5.01. The largest absolute Gasteiger partial charge is 0.483 e. The van der Waals surface area contributed by atoms with Crippen molar-refractivity contribution in [2.24, 2.45) is 0 Å². The summed E-state index contributed by atoms with van der Waals surface area (Å²) in [4.78, 5) is 42.4. The van der Waals surface area contributed by atoms with E-state index in [-0.39, 0.29) is 41.6 Å². The molecule has 3 aliphatic rings. The maximum absolute atomic E-state index is 14.2. The molecule has 0 aliphatic carbocycles. The van der Waals surface area contributed by atoms with Gasteiger partial charge >= 0.3 is 0 Å². The van der Waals surface area contributed by atoms with E-state index in [2.05, 4.69) is 5.32 Å². The summed E-state index contributed by atoms with van der Waals surface area (Å²) in [6.07, 6.45) is 2.71. The van der Waals surface area contributed by atoms with Crippen LogP contribution in [0.2, 0.25) is 0 Å². The number of epoxide rings is 1. The van der Waals surface area contributed by atoms with Crippen LogP contribution in [0.5, 0.6) is 5.75 Å². The molecule has 1 spiro atoms. The molecule has 2 amide bonds. The van der Waals surface area contributed by atoms with Crippen molar-refractivity contribution in [3.63, 3.8) is 0 Å². The molecule has 6 rings (SSSR count). The van der Waals surface area contributed by atoms with Gasteiger partial charge in [0, 0.05) is 43.0 Å². The highest BCUT2D eigenvalue weighted by atomic mass is 19.1. The van der Waals surface area contributed by atoms with Crippen molar-refractivity contribution in [3.05, 3.63) is 98.7 Å². The summed E-state index contributed by atoms with van der Waals surface area (Å²) < 4.78 is 55.1. The molecule has 8 nitrogen and oxygen atoms in total. The Morgan fingerprint density at radius 3 is 2.52 bits per heavy atom. The first-order valence-corrected chi connectivity index (χ1v) is 13.0. The Hall–Kier alpha value is -4.12. The van der Waals surface area contributed by atoms with Gasteiger partial charge in [-0.1, -0.05) is 30.3 Å². The lowest BCUT2D eigenvalue weighted by molar-refractivity contribution is 0.0570. The predicted octanol–water partition coefficient (Wildman–Crippen LogP) is 3.72. The summed E-state index contributed by atoms with van der Waals surface area (Å²) in [5.41, 5.74) is -1.50. The third-order valence-electron chi connectivity index (χ3n) is 8.00. The zero-order valence-corrected chi connectivity index (χ0v) is 21.6. The number of rotatable bonds is 6. The van der Waals surface area contributed by atoms with Gasteiger partial charge in [0.05, 0.1) is 12.6 Å². The van der Waals surface area contributed by atoms with Gasteiger partial charge in [-0.25, -0.2) is 13.2 Å². The molecule has 1 aromatic heterocycles. The zero-order chi connectivity index (χ0) is 28.2. The third kappa shape index (κ3) is 4.43. The van der Waals surface area contributed by atoms with Crippen molar-refractivity contribution in [3.8, 4) is 5.75 Å². The number of carbonyl (C=O) groups excluding carboxylic acids is 2. The number of nitrogens with one attached hydrogen (secondary N) is 1. The van der Waals surface area contributed by atoms with Crippen molar-refractivity contribution in [2.75, 3.05) is 13.2 Å². The van der Waals surface area contributed by atoms with Crippen LogP contribution in [0, 0.1) is 17.5 Å². The highest BCUT2D eigenvalue weighted by Crippen LogP contribution is 2.49. The Morgan fingerprint density at radius 1 is 1.15 bits per heavy atom. The van der Waals surface area contributed by atoms with Crippen LogP contribution >= 0.6 is 0 Å². The lowest BCUT2D eigenvalue weighted by atomic mass is 9.94. The van der Waals surface area contributed by atoms with Crippen LogP contribution in [-0.2, 0) is 17.9 Å². The minimum atomic E-state index is -1.17. The fourth-order valence-corrected chi connectivity index (χ4v) is 5.59. The van der Waals surface area contributed by atoms with Gasteiger partial charge in [0.1, 0.15) is 35.2 Å². The van der Waals surface area contributed by atoms with E-state index in [1.165, 1.54) is 6.20 Å². The number of nitrogens with zero attached hydrogens (tertiary/aromatic N) is 2. The Bertz CT molecular complexity index is 1550. The van der Waals surface area contributed by atoms with Gasteiger partial charge in [-0.2, -0.15) is 0 Å². The van der Waals surface area contributed by atoms with E-state index in [1.54, 1.807) is 33.7 Å². The van der Waals surface area contributed by atoms with Crippen molar-refractivity contribution < 1.29 is 32.2 Å². The Kier molecular flexibility index (Phi) is 6.41. The molecule has 40 heavy (non-hydrogen) atoms. The molecule has 4 heterocycles. The maximum atomic E-state index is 14.2. The topological polar surface area (TPSA) is 93.2 Å². The number of hydrogen-bond acceptors (Lipinski definition) is 5. The molecule has 0 radical (unpaired) electrons. The maximum Gasteiger partial charge on any atom is 0.274 e. The highest BCUT2D eigenvalue weighted by Gasteiger charge is 2.57. The fraction of sp³-hybridized carbons (Fsp3) is 0.345. The average Bonchev–Trinajstić information content (AvgIpc) is 3.73. The first-order valence-electron chi connectivity index (χ1n) is 13.0. The van der Waals surface area contributed by atoms with Crippen LogP contribution in [-0.4, -0.2) is 46.1 Å². The molecular formula is C29H26F3N3O5. The van der Waals surface area contributed by atoms with Gasteiger partial charge in [-0.3, -0.25) is 14.4 Å². The average molecular weight is 554 g/mol. The number of carbonyl (C=O) groups is 2. The quantitative estimate of drug-likeness (QED) is 0.470. The molecule has 11 heteroatoms. The number of fused-ring (bicyclic) bond motifs is 5. The van der Waals surface area contributed by atoms with Crippen molar-refractivity contribution in [1.82, 2.24) is 14.8 Å². The lowest BCUT2D eigenvalue weighted by Gasteiger charge is -2.38. The second kappa shape index (κ2) is 9.81. The Balaban J connectivity index is 1.42. The van der Waals surface area contributed by atoms with Crippen molar-refractivity contribution in [1.29, 1.82) is 0 Å². The lowest BCUT2D eigenvalue weighted by Crippen LogP contribution is -2.50. The molecular weight excluding hydrogens is 527 g/mol. The summed E-state index contributed by atoms with van der Waals surface area (Å²) in [5, 5.41) is 2.35. The van der Waals surface area contributed by atoms with Crippen LogP contribution in [0.15, 0.2) is 53.5 Å².